The van der Waals surface area contributed by atoms with Crippen LogP contribution >= 0.6 is 0 Å². The van der Waals surface area contributed by atoms with Gasteiger partial charge in [0.15, 0.2) is 0 Å². The van der Waals surface area contributed by atoms with Gasteiger partial charge >= 0.3 is 0 Å². The van der Waals surface area contributed by atoms with Crippen molar-refractivity contribution in [1.29, 1.82) is 0 Å². The molecule has 4 N–H and O–H groups in total. The van der Waals surface area contributed by atoms with Crippen molar-refractivity contribution in [2.45, 2.75) is 114 Å². The second-order valence-corrected chi connectivity index (χ2v) is 11.6. The maximum atomic E-state index is 12.3. The fourth-order valence-electron chi connectivity index (χ4n) is 9.07. The molecule has 28 heavy (non-hydrogen) atoms. The molecule has 4 heteroatoms. The van der Waals surface area contributed by atoms with Crippen LogP contribution in [-0.4, -0.2) is 45.2 Å². The number of piperidine rings is 1. The normalized spacial score (nSPS) is 59.2. The number of nitrogens with one attached hydrogen (secondary N) is 1. The van der Waals surface area contributed by atoms with Gasteiger partial charge in [-0.15, -0.1) is 0 Å². The number of aliphatic hydroxyl groups is 3. The molecule has 0 aromatic carbocycles. The van der Waals surface area contributed by atoms with Crippen LogP contribution in [0.5, 0.6) is 0 Å². The number of hydrogen-bond acceptors (Lipinski definition) is 4. The molecule has 5 aliphatic rings. The number of hydrogen-bond donors (Lipinski definition) is 4. The van der Waals surface area contributed by atoms with Crippen LogP contribution in [0.4, 0.5) is 0 Å². The molecule has 4 aliphatic carbocycles. The fraction of sp³-hybridized carbons (Fsp3) is 1.00. The number of aliphatic hydroxyl groups excluding tert-OH is 1. The molecule has 0 amide bonds. The predicted octanol–water partition coefficient (Wildman–Crippen LogP) is 3.38. The van der Waals surface area contributed by atoms with Crippen LogP contribution in [0.2, 0.25) is 0 Å². The van der Waals surface area contributed by atoms with Crippen LogP contribution < -0.4 is 5.32 Å². The van der Waals surface area contributed by atoms with E-state index in [1.165, 1.54) is 12.8 Å². The van der Waals surface area contributed by atoms with Crippen molar-refractivity contribution in [2.24, 2.45) is 28.6 Å². The lowest BCUT2D eigenvalue weighted by Gasteiger charge is -2.65. The molecule has 5 fully saturated rings. The van der Waals surface area contributed by atoms with Gasteiger partial charge in [0.2, 0.25) is 0 Å². The Labute approximate surface area is 170 Å². The van der Waals surface area contributed by atoms with E-state index in [1.807, 2.05) is 0 Å². The molecule has 5 rings (SSSR count). The summed E-state index contributed by atoms with van der Waals surface area (Å²) in [6, 6.07) is 0.133. The summed E-state index contributed by atoms with van der Waals surface area (Å²) in [7, 11) is 0. The first kappa shape index (κ1) is 19.8. The van der Waals surface area contributed by atoms with E-state index in [1.54, 1.807) is 0 Å². The molecule has 0 unspecified atom stereocenters. The van der Waals surface area contributed by atoms with Crippen molar-refractivity contribution >= 4 is 0 Å². The quantitative estimate of drug-likeness (QED) is 0.553. The van der Waals surface area contributed by atoms with Crippen molar-refractivity contribution in [2.75, 3.05) is 6.54 Å². The van der Waals surface area contributed by atoms with E-state index in [9.17, 15) is 15.3 Å². The summed E-state index contributed by atoms with van der Waals surface area (Å²) in [5.41, 5.74) is -1.68. The minimum Gasteiger partial charge on any atom is -0.393 e. The van der Waals surface area contributed by atoms with Crippen LogP contribution in [0.25, 0.3) is 0 Å². The Bertz CT molecular complexity index is 621. The highest BCUT2D eigenvalue weighted by Crippen LogP contribution is 2.70. The maximum Gasteiger partial charge on any atom is 0.0881 e. The highest BCUT2D eigenvalue weighted by Gasteiger charge is 2.72. The van der Waals surface area contributed by atoms with Crippen LogP contribution in [0, 0.1) is 28.6 Å². The molecule has 4 saturated carbocycles. The van der Waals surface area contributed by atoms with E-state index >= 15 is 0 Å². The predicted molar refractivity (Wildman–Crippen MR) is 110 cm³/mol. The van der Waals surface area contributed by atoms with Crippen molar-refractivity contribution < 1.29 is 15.3 Å². The largest absolute Gasteiger partial charge is 0.393 e. The molecule has 0 bridgehead atoms. The third-order valence-electron chi connectivity index (χ3n) is 10.9. The molecule has 1 heterocycles. The van der Waals surface area contributed by atoms with Crippen LogP contribution in [0.1, 0.15) is 90.9 Å². The molecular formula is C24H41NO3. The zero-order chi connectivity index (χ0) is 19.8. The summed E-state index contributed by atoms with van der Waals surface area (Å²) in [5, 5.41) is 38.1. The summed E-state index contributed by atoms with van der Waals surface area (Å²) in [6.07, 6.45) is 12.0. The lowest BCUT2D eigenvalue weighted by Crippen LogP contribution is -2.69. The van der Waals surface area contributed by atoms with E-state index in [0.29, 0.717) is 17.8 Å². The lowest BCUT2D eigenvalue weighted by atomic mass is 9.42. The molecule has 4 nitrogen and oxygen atoms in total. The van der Waals surface area contributed by atoms with Gasteiger partial charge in [0.05, 0.1) is 17.3 Å². The topological polar surface area (TPSA) is 72.7 Å². The SMILES string of the molecule is C[C@]12CC[C@H](O)C[C@H]1CC[C@@H]1[C@@H]2CC[C@]2(C)[C@@](O)([C@@H]3CCCCN3)CC[C@]12O. The van der Waals surface area contributed by atoms with E-state index < -0.39 is 16.6 Å². The van der Waals surface area contributed by atoms with Crippen molar-refractivity contribution in [3.63, 3.8) is 0 Å². The summed E-state index contributed by atoms with van der Waals surface area (Å²) in [5.74, 6) is 1.45. The average Bonchev–Trinajstić information content (AvgIpc) is 2.91. The van der Waals surface area contributed by atoms with Gasteiger partial charge in [0.25, 0.3) is 0 Å². The van der Waals surface area contributed by atoms with Crippen LogP contribution in [0.3, 0.4) is 0 Å². The van der Waals surface area contributed by atoms with Crippen LogP contribution in [-0.2, 0) is 0 Å². The Morgan fingerprint density at radius 3 is 2.32 bits per heavy atom. The average molecular weight is 392 g/mol. The molecular weight excluding hydrogens is 350 g/mol. The minimum atomic E-state index is -0.784. The molecule has 1 saturated heterocycles. The van der Waals surface area contributed by atoms with Crippen molar-refractivity contribution in [3.05, 3.63) is 0 Å². The van der Waals surface area contributed by atoms with E-state index in [-0.39, 0.29) is 17.6 Å². The van der Waals surface area contributed by atoms with Gasteiger partial charge in [-0.1, -0.05) is 20.3 Å². The van der Waals surface area contributed by atoms with Gasteiger partial charge < -0.3 is 20.6 Å². The second kappa shape index (κ2) is 6.42. The smallest absolute Gasteiger partial charge is 0.0881 e. The van der Waals surface area contributed by atoms with E-state index in [2.05, 4.69) is 19.2 Å². The number of fused-ring (bicyclic) bond motifs is 5. The first-order valence-corrected chi connectivity index (χ1v) is 12.1. The van der Waals surface area contributed by atoms with E-state index in [4.69, 9.17) is 0 Å². The van der Waals surface area contributed by atoms with Gasteiger partial charge in [0, 0.05) is 11.5 Å². The van der Waals surface area contributed by atoms with Gasteiger partial charge in [-0.3, -0.25) is 0 Å². The highest BCUT2D eigenvalue weighted by atomic mass is 16.3. The maximum absolute atomic E-state index is 12.3. The summed E-state index contributed by atoms with van der Waals surface area (Å²) < 4.78 is 0. The van der Waals surface area contributed by atoms with Crippen molar-refractivity contribution in [3.8, 4) is 0 Å². The Morgan fingerprint density at radius 1 is 0.786 bits per heavy atom. The first-order chi connectivity index (χ1) is 13.2. The van der Waals surface area contributed by atoms with Gasteiger partial charge in [-0.25, -0.2) is 0 Å². The Morgan fingerprint density at radius 2 is 1.57 bits per heavy atom. The zero-order valence-electron chi connectivity index (χ0n) is 17.9. The Balaban J connectivity index is 1.47. The summed E-state index contributed by atoms with van der Waals surface area (Å²) in [6.45, 7) is 5.66. The zero-order valence-corrected chi connectivity index (χ0v) is 17.9. The molecule has 9 atom stereocenters. The molecule has 160 valence electrons. The molecule has 0 radical (unpaired) electrons. The lowest BCUT2D eigenvalue weighted by molar-refractivity contribution is -0.241. The monoisotopic (exact) mass is 391 g/mol. The molecule has 0 aromatic heterocycles. The third kappa shape index (κ3) is 2.38. The standard InChI is InChI=1S/C24H41NO3/c1-21-10-8-17(26)15-16(21)6-7-19-18(21)9-11-22(2)23(19,27)12-13-24(22,28)20-5-3-4-14-25-20/h16-20,25-28H,3-15H2,1-2H3/t16-,17+,18+,19-,20+,21+,22+,23+,24+/m1/s1. The highest BCUT2D eigenvalue weighted by molar-refractivity contribution is 5.24. The molecule has 0 spiro atoms. The minimum absolute atomic E-state index is 0.125. The van der Waals surface area contributed by atoms with Gasteiger partial charge in [0.1, 0.15) is 0 Å². The van der Waals surface area contributed by atoms with Gasteiger partial charge in [-0.05, 0) is 100 Å². The summed E-state index contributed by atoms with van der Waals surface area (Å²) >= 11 is 0. The Kier molecular flexibility index (Phi) is 4.53. The number of rotatable bonds is 1. The first-order valence-electron chi connectivity index (χ1n) is 12.1. The van der Waals surface area contributed by atoms with E-state index in [0.717, 1.165) is 70.8 Å². The summed E-state index contributed by atoms with van der Waals surface area (Å²) in [4.78, 5) is 0. The Hall–Kier alpha value is -0.160. The fourth-order valence-corrected chi connectivity index (χ4v) is 9.07. The molecule has 1 aliphatic heterocycles. The van der Waals surface area contributed by atoms with Crippen LogP contribution in [0.15, 0.2) is 0 Å². The van der Waals surface area contributed by atoms with Crippen molar-refractivity contribution in [1.82, 2.24) is 5.32 Å². The second-order valence-electron chi connectivity index (χ2n) is 11.6. The molecule has 0 aromatic rings. The van der Waals surface area contributed by atoms with Gasteiger partial charge in [-0.2, -0.15) is 0 Å². The third-order valence-corrected chi connectivity index (χ3v) is 10.9.